The zero-order valence-electron chi connectivity index (χ0n) is 34.7. The molecule has 0 radical (unpaired) electrons. The zero-order chi connectivity index (χ0) is 46.5. The average Bonchev–Trinajstić information content (AvgIpc) is 3.30. The second-order valence-corrected chi connectivity index (χ2v) is 11.7. The number of hydrogen-bond donors (Lipinski definition) is 5. The van der Waals surface area contributed by atoms with Gasteiger partial charge in [-0.3, -0.25) is 4.79 Å². The monoisotopic (exact) mass is 872 g/mol. The van der Waals surface area contributed by atoms with E-state index < -0.39 is 5.03 Å². The summed E-state index contributed by atoms with van der Waals surface area (Å²) in [6, 6.07) is 5.67. The summed E-state index contributed by atoms with van der Waals surface area (Å²) >= 11 is 0. The number of pyridine rings is 1. The molecule has 18 heteroatoms. The molecule has 7 N–H and O–H groups in total. The third-order valence-corrected chi connectivity index (χ3v) is 7.53. The standard InChI is InChI=1S/C23H29N7O2.C23H4.H3N7O2.12H2/c1-30-9-4-15(5-10-30)13-28-22-20(25-7-8-27-22)23(31)29-14-17-11-16-3-6-26-21(24)18(16)12-19(17)32-2;1-3-5-7-9-11-13-15-17-19-21-23-22-20-18-16-14-12-10-8-6-4-2;1-2-3-4-5-6-7(8)9;;;;;;;;;;;;/h3,6-8,11-12,15H,4-5,9-10,13-14H2,1-2H3,(H2,24,26)(H,27,28)(H,29,31);1H,2H3;(H2,1,3,5)(H,2,4,6);12*1H. The number of benzene rings is 1. The first kappa shape index (κ1) is 50.0. The van der Waals surface area contributed by atoms with Crippen molar-refractivity contribution in [3.63, 3.8) is 0 Å². The molecular weight excluding hydrogens is 813 g/mol. The van der Waals surface area contributed by atoms with Gasteiger partial charge in [-0.2, -0.15) is 0 Å². The summed E-state index contributed by atoms with van der Waals surface area (Å²) in [5.74, 6) is 58.2. The number of fused-ring (bicyclic) bond motifs is 1. The van der Waals surface area contributed by atoms with E-state index in [1.165, 1.54) is 11.7 Å². The molecule has 0 atom stereocenters. The van der Waals surface area contributed by atoms with Crippen LogP contribution < -0.4 is 32.5 Å². The number of ether oxygens (including phenoxy) is 1. The molecule has 0 saturated carbocycles. The number of nitrogen functional groups attached to an aromatic ring is 1. The highest BCUT2D eigenvalue weighted by Gasteiger charge is 2.19. The van der Waals surface area contributed by atoms with Gasteiger partial charge in [0, 0.05) is 94.2 Å². The fourth-order valence-corrected chi connectivity index (χ4v) is 4.73. The minimum atomic E-state index is -0.907. The molecule has 3 aromatic rings. The first-order chi connectivity index (χ1) is 31.2. The summed E-state index contributed by atoms with van der Waals surface area (Å²) in [5, 5.41) is 27.3. The third-order valence-electron chi connectivity index (χ3n) is 7.53. The van der Waals surface area contributed by atoms with Crippen LogP contribution in [0.3, 0.4) is 0 Å². The lowest BCUT2D eigenvalue weighted by molar-refractivity contribution is -0.546. The van der Waals surface area contributed by atoms with Gasteiger partial charge in [-0.25, -0.2) is 15.0 Å². The Morgan fingerprint density at radius 1 is 0.891 bits per heavy atom. The van der Waals surface area contributed by atoms with Crippen LogP contribution in [0.4, 0.5) is 11.6 Å². The number of terminal acetylenes is 1. The van der Waals surface area contributed by atoms with Gasteiger partial charge in [-0.15, -0.1) is 6.42 Å². The van der Waals surface area contributed by atoms with Crippen LogP contribution in [-0.2, 0) is 6.54 Å². The lowest BCUT2D eigenvalue weighted by Gasteiger charge is -2.29. The molecule has 0 bridgehead atoms. The second kappa shape index (κ2) is 31.8. The summed E-state index contributed by atoms with van der Waals surface area (Å²) in [6.07, 6.45) is 12.0. The molecule has 4 rings (SSSR count). The molecule has 64 heavy (non-hydrogen) atoms. The van der Waals surface area contributed by atoms with Crippen LogP contribution in [-0.4, -0.2) is 64.6 Å². The fourth-order valence-electron chi connectivity index (χ4n) is 4.73. The number of nitrogens with zero attached hydrogens (tertiary/aromatic N) is 9. The van der Waals surface area contributed by atoms with Crippen LogP contribution in [0.2, 0.25) is 0 Å². The SMILES string of the molecule is C#CC#CC#CC#CC#CC#CC#CC#CC#CC#CC#CC.COc1cc2c(N)nccc2cc1CNC(=O)c1nccnc1NCC1CCN(C)CC1.NN=NN=NN[N+](=O)[O-].[HH].[HH].[HH].[HH].[HH].[HH].[HH].[HH].[HH].[HH].[HH].[HH]. The Labute approximate surface area is 388 Å². The van der Waals surface area contributed by atoms with Crippen molar-refractivity contribution in [3.05, 3.63) is 58.2 Å². The van der Waals surface area contributed by atoms with Crippen molar-refractivity contribution in [1.29, 1.82) is 0 Å². The van der Waals surface area contributed by atoms with Crippen molar-refractivity contribution in [2.45, 2.75) is 26.3 Å². The molecule has 1 fully saturated rings. The minimum absolute atomic E-state index is 0. The number of nitrogens with one attached hydrogen (secondary N) is 3. The number of anilines is 2. The van der Waals surface area contributed by atoms with E-state index in [0.29, 0.717) is 23.3 Å². The molecule has 1 saturated heterocycles. The number of carbonyl (C=O) groups is 1. The van der Waals surface area contributed by atoms with Crippen molar-refractivity contribution >= 4 is 28.3 Å². The number of aromatic nitrogens is 3. The lowest BCUT2D eigenvalue weighted by atomic mass is 9.97. The number of hydrazine groups is 1. The first-order valence-corrected chi connectivity index (χ1v) is 18.2. The quantitative estimate of drug-likeness (QED) is 0.0573. The number of methoxy groups -OCH3 is 1. The Bertz CT molecular complexity index is 2950. The molecule has 2 aromatic heterocycles. The largest absolute Gasteiger partial charge is 0.496 e. The Morgan fingerprint density at radius 2 is 1.45 bits per heavy atom. The number of nitro groups is 1. The summed E-state index contributed by atoms with van der Waals surface area (Å²) in [5.41, 5.74) is 8.45. The molecular formula is C46H60N14O4. The van der Waals surface area contributed by atoms with Crippen molar-refractivity contribution < 1.29 is 31.7 Å². The van der Waals surface area contributed by atoms with E-state index >= 15 is 0 Å². The number of carbonyl (C=O) groups excluding carboxylic acids is 1. The minimum Gasteiger partial charge on any atom is -0.496 e. The van der Waals surface area contributed by atoms with Gasteiger partial charge >= 0.3 is 0 Å². The van der Waals surface area contributed by atoms with Crippen LogP contribution in [0.1, 0.15) is 52.9 Å². The van der Waals surface area contributed by atoms with E-state index in [2.05, 4.69) is 189 Å². The maximum Gasteiger partial charge on any atom is 0.273 e. The highest BCUT2D eigenvalue weighted by Crippen LogP contribution is 2.28. The normalized spacial score (nSPS) is 10.3. The Kier molecular flexibility index (Phi) is 24.9. The van der Waals surface area contributed by atoms with Crippen LogP contribution in [0.25, 0.3) is 10.8 Å². The Morgan fingerprint density at radius 3 is 1.98 bits per heavy atom. The van der Waals surface area contributed by atoms with Crippen LogP contribution in [0.15, 0.2) is 57.7 Å². The van der Waals surface area contributed by atoms with Crippen LogP contribution >= 0.6 is 0 Å². The van der Waals surface area contributed by atoms with E-state index in [9.17, 15) is 14.9 Å². The summed E-state index contributed by atoms with van der Waals surface area (Å²) < 4.78 is 5.51. The van der Waals surface area contributed by atoms with Gasteiger partial charge in [-0.1, -0.05) is 11.1 Å². The van der Waals surface area contributed by atoms with Gasteiger partial charge < -0.3 is 42.0 Å². The predicted molar refractivity (Wildman–Crippen MR) is 266 cm³/mol. The van der Waals surface area contributed by atoms with E-state index in [0.717, 1.165) is 48.8 Å². The number of hydrogen-bond acceptors (Lipinski definition) is 12. The summed E-state index contributed by atoms with van der Waals surface area (Å²) in [7, 11) is 3.73. The number of likely N-dealkylation sites (tertiary alicyclic amines) is 1. The highest BCUT2D eigenvalue weighted by molar-refractivity contribution is 5.97. The van der Waals surface area contributed by atoms with Gasteiger partial charge in [0.25, 0.3) is 5.91 Å². The molecule has 1 aromatic carbocycles. The zero-order valence-corrected chi connectivity index (χ0v) is 34.7. The van der Waals surface area contributed by atoms with Gasteiger partial charge in [-0.05, 0) is 164 Å². The molecule has 1 aliphatic heterocycles. The molecule has 18 nitrogen and oxygen atoms in total. The van der Waals surface area contributed by atoms with E-state index in [1.54, 1.807) is 26.4 Å². The molecule has 1 amide bonds. The molecule has 0 spiro atoms. The van der Waals surface area contributed by atoms with Gasteiger partial charge in [0.2, 0.25) is 0 Å². The molecule has 3 heterocycles. The van der Waals surface area contributed by atoms with E-state index in [1.807, 2.05) is 18.2 Å². The Hall–Kier alpha value is -10.1. The van der Waals surface area contributed by atoms with Crippen LogP contribution in [0, 0.1) is 147 Å². The molecule has 0 aliphatic carbocycles. The van der Waals surface area contributed by atoms with Gasteiger partial charge in [0.05, 0.1) is 12.1 Å². The van der Waals surface area contributed by atoms with E-state index in [-0.39, 0.29) is 35.3 Å². The Balaban J connectivity index is -0.0000000961. The van der Waals surface area contributed by atoms with E-state index in [4.69, 9.17) is 16.9 Å². The molecule has 338 valence electrons. The van der Waals surface area contributed by atoms with Gasteiger partial charge in [0.1, 0.15) is 16.8 Å². The number of nitrogens with two attached hydrogens (primary N) is 2. The maximum atomic E-state index is 12.9. The number of amides is 1. The number of piperidine rings is 1. The fraction of sp³-hybridized carbons (Fsp3) is 0.217. The van der Waals surface area contributed by atoms with Crippen molar-refractivity contribution in [1.82, 2.24) is 30.7 Å². The average molecular weight is 873 g/mol. The molecule has 1 aliphatic rings. The second-order valence-electron chi connectivity index (χ2n) is 11.7. The smallest absolute Gasteiger partial charge is 0.273 e. The predicted octanol–water partition coefficient (Wildman–Crippen LogP) is 5.30. The summed E-state index contributed by atoms with van der Waals surface area (Å²) in [4.78, 5) is 37.4. The van der Waals surface area contributed by atoms with Gasteiger partial charge in [0.15, 0.2) is 16.7 Å². The molecule has 0 unspecified atom stereocenters. The topological polar surface area (TPSA) is 249 Å². The van der Waals surface area contributed by atoms with Crippen molar-refractivity contribution in [3.8, 4) is 137 Å². The van der Waals surface area contributed by atoms with Crippen molar-refractivity contribution in [2.24, 2.45) is 32.7 Å². The summed E-state index contributed by atoms with van der Waals surface area (Å²) in [6.45, 7) is 4.94. The third kappa shape index (κ3) is 21.6. The van der Waals surface area contributed by atoms with Crippen molar-refractivity contribution in [2.75, 3.05) is 44.8 Å². The first-order valence-electron chi connectivity index (χ1n) is 18.2. The number of rotatable bonds is 10. The maximum absolute atomic E-state index is 12.9. The van der Waals surface area contributed by atoms with Crippen LogP contribution in [0.5, 0.6) is 5.75 Å². The lowest BCUT2D eigenvalue weighted by Crippen LogP contribution is -2.33. The highest BCUT2D eigenvalue weighted by atomic mass is 16.7.